The van der Waals surface area contributed by atoms with E-state index in [0.29, 0.717) is 18.9 Å². The molecule has 0 radical (unpaired) electrons. The normalized spacial score (nSPS) is 16.7. The van der Waals surface area contributed by atoms with Crippen molar-refractivity contribution in [3.63, 3.8) is 0 Å². The van der Waals surface area contributed by atoms with Gasteiger partial charge in [-0.3, -0.25) is 4.79 Å². The zero-order valence-corrected chi connectivity index (χ0v) is 10.8. The molecule has 0 amide bonds. The van der Waals surface area contributed by atoms with E-state index in [4.69, 9.17) is 5.11 Å². The molecule has 1 aliphatic rings. The van der Waals surface area contributed by atoms with Crippen molar-refractivity contribution in [2.75, 3.05) is 0 Å². The van der Waals surface area contributed by atoms with Crippen LogP contribution in [-0.2, 0) is 4.79 Å². The average molecular weight is 323 g/mol. The quantitative estimate of drug-likeness (QED) is 0.855. The molecule has 1 unspecified atom stereocenters. The van der Waals surface area contributed by atoms with Gasteiger partial charge < -0.3 is 5.11 Å². The number of rotatable bonds is 4. The van der Waals surface area contributed by atoms with Crippen molar-refractivity contribution in [2.45, 2.75) is 25.2 Å². The van der Waals surface area contributed by atoms with Crippen molar-refractivity contribution in [3.05, 3.63) is 33.6 Å². The minimum atomic E-state index is -1.28. The average Bonchev–Trinajstić information content (AvgIpc) is 3.08. The van der Waals surface area contributed by atoms with Crippen molar-refractivity contribution in [2.24, 2.45) is 5.92 Å². The van der Waals surface area contributed by atoms with Gasteiger partial charge in [-0.1, -0.05) is 0 Å². The van der Waals surface area contributed by atoms with Gasteiger partial charge in [0.15, 0.2) is 11.6 Å². The second-order valence-corrected chi connectivity index (χ2v) is 5.28. The molecule has 1 aromatic carbocycles. The Kier molecular flexibility index (Phi) is 3.66. The molecule has 98 valence electrons. The van der Waals surface area contributed by atoms with E-state index in [2.05, 4.69) is 15.9 Å². The molecule has 2 nitrogen and oxygen atoms in total. The minimum Gasteiger partial charge on any atom is -0.481 e. The largest absolute Gasteiger partial charge is 0.481 e. The smallest absolute Gasteiger partial charge is 0.303 e. The molecule has 0 aromatic heterocycles. The molecular formula is C12H10BrF3O2. The highest BCUT2D eigenvalue weighted by Gasteiger charge is 2.38. The Morgan fingerprint density at radius 3 is 2.50 bits per heavy atom. The van der Waals surface area contributed by atoms with Gasteiger partial charge in [0.2, 0.25) is 0 Å². The van der Waals surface area contributed by atoms with Crippen molar-refractivity contribution < 1.29 is 23.1 Å². The predicted octanol–water partition coefficient (Wildman–Crippen LogP) is 3.83. The summed E-state index contributed by atoms with van der Waals surface area (Å²) in [6, 6.07) is 0.707. The third kappa shape index (κ3) is 2.53. The minimum absolute atomic E-state index is 0.0844. The fourth-order valence-corrected chi connectivity index (χ4v) is 2.52. The van der Waals surface area contributed by atoms with Crippen LogP contribution in [0.1, 0.15) is 30.7 Å². The monoisotopic (exact) mass is 322 g/mol. The highest BCUT2D eigenvalue weighted by molar-refractivity contribution is 9.10. The van der Waals surface area contributed by atoms with Gasteiger partial charge in [-0.25, -0.2) is 13.2 Å². The van der Waals surface area contributed by atoms with E-state index in [0.717, 1.165) is 0 Å². The number of carboxylic acid groups (broad SMARTS) is 1. The Labute approximate surface area is 110 Å². The van der Waals surface area contributed by atoms with Crippen LogP contribution in [0, 0.1) is 23.4 Å². The molecule has 0 saturated heterocycles. The maximum absolute atomic E-state index is 13.9. The summed E-state index contributed by atoms with van der Waals surface area (Å²) in [4.78, 5) is 10.8. The van der Waals surface area contributed by atoms with E-state index in [9.17, 15) is 18.0 Å². The molecule has 1 fully saturated rings. The third-order valence-corrected chi connectivity index (χ3v) is 3.68. The standard InChI is InChI=1S/C12H10BrF3O2/c13-7-4-8(14)12(16)10(11(7)15)6(3-9(17)18)5-1-2-5/h4-6H,1-3H2,(H,17,18). The van der Waals surface area contributed by atoms with E-state index < -0.39 is 41.3 Å². The van der Waals surface area contributed by atoms with E-state index in [1.807, 2.05) is 0 Å². The first-order chi connectivity index (χ1) is 8.41. The van der Waals surface area contributed by atoms with Crippen LogP contribution in [0.15, 0.2) is 10.5 Å². The van der Waals surface area contributed by atoms with E-state index in [1.54, 1.807) is 0 Å². The van der Waals surface area contributed by atoms with Crippen molar-refractivity contribution in [1.29, 1.82) is 0 Å². The molecular weight excluding hydrogens is 313 g/mol. The lowest BCUT2D eigenvalue weighted by Gasteiger charge is -2.17. The Balaban J connectivity index is 2.49. The Morgan fingerprint density at radius 1 is 1.39 bits per heavy atom. The highest BCUT2D eigenvalue weighted by atomic mass is 79.9. The zero-order valence-electron chi connectivity index (χ0n) is 9.22. The van der Waals surface area contributed by atoms with Crippen LogP contribution in [0.3, 0.4) is 0 Å². The number of hydrogen-bond donors (Lipinski definition) is 1. The molecule has 0 aliphatic heterocycles. The summed E-state index contributed by atoms with van der Waals surface area (Å²) in [6.07, 6.45) is 1.03. The van der Waals surface area contributed by atoms with Crippen LogP contribution >= 0.6 is 15.9 Å². The van der Waals surface area contributed by atoms with Gasteiger partial charge in [0.05, 0.1) is 10.9 Å². The van der Waals surface area contributed by atoms with Crippen molar-refractivity contribution in [3.8, 4) is 0 Å². The number of halogens is 4. The maximum atomic E-state index is 13.9. The van der Waals surface area contributed by atoms with E-state index in [-0.39, 0.29) is 10.4 Å². The molecule has 0 spiro atoms. The van der Waals surface area contributed by atoms with E-state index >= 15 is 0 Å². The molecule has 0 bridgehead atoms. The summed E-state index contributed by atoms with van der Waals surface area (Å²) >= 11 is 2.81. The summed E-state index contributed by atoms with van der Waals surface area (Å²) in [5.74, 6) is -5.41. The molecule has 0 heterocycles. The lowest BCUT2D eigenvalue weighted by atomic mass is 9.90. The first kappa shape index (κ1) is 13.4. The van der Waals surface area contributed by atoms with E-state index in [1.165, 1.54) is 0 Å². The first-order valence-electron chi connectivity index (χ1n) is 5.46. The Bertz CT molecular complexity index is 474. The SMILES string of the molecule is O=C(O)CC(c1c(F)c(F)cc(Br)c1F)C1CC1. The molecule has 1 aromatic rings. The van der Waals surface area contributed by atoms with Crippen LogP contribution in [-0.4, -0.2) is 11.1 Å². The molecule has 1 aliphatic carbocycles. The van der Waals surface area contributed by atoms with Crippen LogP contribution in [0.5, 0.6) is 0 Å². The second kappa shape index (κ2) is 4.91. The molecule has 6 heteroatoms. The van der Waals surface area contributed by atoms with Crippen LogP contribution in [0.2, 0.25) is 0 Å². The zero-order chi connectivity index (χ0) is 13.4. The second-order valence-electron chi connectivity index (χ2n) is 4.42. The van der Waals surface area contributed by atoms with Gasteiger partial charge in [-0.05, 0) is 40.8 Å². The van der Waals surface area contributed by atoms with Crippen molar-refractivity contribution >= 4 is 21.9 Å². The van der Waals surface area contributed by atoms with Crippen molar-refractivity contribution in [1.82, 2.24) is 0 Å². The third-order valence-electron chi connectivity index (χ3n) is 3.10. The molecule has 1 atom stereocenters. The number of aliphatic carboxylic acids is 1. The van der Waals surface area contributed by atoms with Gasteiger partial charge in [0, 0.05) is 11.5 Å². The Morgan fingerprint density at radius 2 is 2.00 bits per heavy atom. The number of carboxylic acids is 1. The summed E-state index contributed by atoms with van der Waals surface area (Å²) in [7, 11) is 0. The first-order valence-corrected chi connectivity index (χ1v) is 6.25. The molecule has 2 rings (SSSR count). The van der Waals surface area contributed by atoms with Gasteiger partial charge in [-0.2, -0.15) is 0 Å². The fraction of sp³-hybridized carbons (Fsp3) is 0.417. The summed E-state index contributed by atoms with van der Waals surface area (Å²) in [5, 5.41) is 8.79. The molecule has 18 heavy (non-hydrogen) atoms. The van der Waals surface area contributed by atoms with Gasteiger partial charge in [0.1, 0.15) is 5.82 Å². The Hall–Kier alpha value is -1.04. The number of carbonyl (C=O) groups is 1. The topological polar surface area (TPSA) is 37.3 Å². The van der Waals surface area contributed by atoms with Crippen LogP contribution in [0.4, 0.5) is 13.2 Å². The predicted molar refractivity (Wildman–Crippen MR) is 61.7 cm³/mol. The number of benzene rings is 1. The highest BCUT2D eigenvalue weighted by Crippen LogP contribution is 2.47. The molecule has 1 saturated carbocycles. The molecule has 1 N–H and O–H groups in total. The lowest BCUT2D eigenvalue weighted by Crippen LogP contribution is -2.13. The van der Waals surface area contributed by atoms with Gasteiger partial charge in [-0.15, -0.1) is 0 Å². The van der Waals surface area contributed by atoms with Gasteiger partial charge in [0.25, 0.3) is 0 Å². The fourth-order valence-electron chi connectivity index (χ4n) is 2.11. The summed E-state index contributed by atoms with van der Waals surface area (Å²) in [6.45, 7) is 0. The van der Waals surface area contributed by atoms with Gasteiger partial charge >= 0.3 is 5.97 Å². The summed E-state index contributed by atoms with van der Waals surface area (Å²) in [5.41, 5.74) is -0.452. The van der Waals surface area contributed by atoms with Crippen LogP contribution in [0.25, 0.3) is 0 Å². The lowest BCUT2D eigenvalue weighted by molar-refractivity contribution is -0.137. The maximum Gasteiger partial charge on any atom is 0.303 e. The number of hydrogen-bond acceptors (Lipinski definition) is 1. The van der Waals surface area contributed by atoms with Crippen LogP contribution < -0.4 is 0 Å². The summed E-state index contributed by atoms with van der Waals surface area (Å²) < 4.78 is 40.7.